The van der Waals surface area contributed by atoms with Gasteiger partial charge < -0.3 is 5.32 Å². The third-order valence-corrected chi connectivity index (χ3v) is 6.15. The van der Waals surface area contributed by atoms with Crippen molar-refractivity contribution >= 4 is 37.5 Å². The number of halogens is 3. The molecule has 0 heterocycles. The lowest BCUT2D eigenvalue weighted by atomic mass is 10.2. The van der Waals surface area contributed by atoms with Crippen LogP contribution in [-0.4, -0.2) is 14.3 Å². The van der Waals surface area contributed by atoms with E-state index in [0.29, 0.717) is 4.47 Å². The van der Waals surface area contributed by atoms with E-state index in [0.717, 1.165) is 35.4 Å². The lowest BCUT2D eigenvalue weighted by Crippen LogP contribution is -2.24. The van der Waals surface area contributed by atoms with E-state index in [-0.39, 0.29) is 17.1 Å². The van der Waals surface area contributed by atoms with Crippen molar-refractivity contribution < 1.29 is 22.0 Å². The average Bonchev–Trinajstić information content (AvgIpc) is 2.70. The molecule has 2 N–H and O–H groups in total. The first kappa shape index (κ1) is 22.1. The summed E-state index contributed by atoms with van der Waals surface area (Å²) in [4.78, 5) is 12.1. The molecule has 30 heavy (non-hydrogen) atoms. The number of rotatable bonds is 6. The Labute approximate surface area is 181 Å². The second-order valence-electron chi connectivity index (χ2n) is 6.53. The normalized spacial score (nSPS) is 11.3. The van der Waals surface area contributed by atoms with Gasteiger partial charge in [-0.1, -0.05) is 45.8 Å². The third-order valence-electron chi connectivity index (χ3n) is 4.26. The highest BCUT2D eigenvalue weighted by Gasteiger charge is 2.20. The number of benzene rings is 3. The maximum Gasteiger partial charge on any atom is 0.258 e. The largest absolute Gasteiger partial charge is 0.319 e. The molecule has 0 aliphatic carbocycles. The zero-order valence-electron chi connectivity index (χ0n) is 15.7. The van der Waals surface area contributed by atoms with E-state index in [4.69, 9.17) is 0 Å². The SMILES string of the molecule is Cc1ccc(CNS(=O)(=O)c2ccc(F)c(C(=O)Nc3ccc(Br)cc3F)c2)cc1. The van der Waals surface area contributed by atoms with Crippen molar-refractivity contribution in [3.8, 4) is 0 Å². The third kappa shape index (κ3) is 5.29. The standard InChI is InChI=1S/C21H17BrF2N2O3S/c1-13-2-4-14(5-3-13)12-25-30(28,29)16-7-8-18(23)17(11-16)21(27)26-20-9-6-15(22)10-19(20)24/h2-11,25H,12H2,1H3,(H,26,27). The van der Waals surface area contributed by atoms with Crippen molar-refractivity contribution in [3.63, 3.8) is 0 Å². The van der Waals surface area contributed by atoms with Crippen LogP contribution < -0.4 is 10.0 Å². The van der Waals surface area contributed by atoms with Crippen LogP contribution in [-0.2, 0) is 16.6 Å². The first-order valence-electron chi connectivity index (χ1n) is 8.77. The van der Waals surface area contributed by atoms with Crippen LogP contribution in [0.15, 0.2) is 70.0 Å². The molecule has 0 saturated heterocycles. The molecule has 1 amide bonds. The summed E-state index contributed by atoms with van der Waals surface area (Å²) < 4.78 is 56.2. The van der Waals surface area contributed by atoms with Gasteiger partial charge in [0.05, 0.1) is 16.1 Å². The Morgan fingerprint density at radius 2 is 1.67 bits per heavy atom. The number of hydrogen-bond donors (Lipinski definition) is 2. The van der Waals surface area contributed by atoms with Crippen molar-refractivity contribution in [1.82, 2.24) is 4.72 Å². The topological polar surface area (TPSA) is 75.3 Å². The zero-order chi connectivity index (χ0) is 21.9. The first-order valence-corrected chi connectivity index (χ1v) is 11.0. The second kappa shape index (κ2) is 9.03. The molecule has 0 aliphatic heterocycles. The highest BCUT2D eigenvalue weighted by molar-refractivity contribution is 9.10. The molecule has 0 radical (unpaired) electrons. The van der Waals surface area contributed by atoms with Crippen LogP contribution in [0.25, 0.3) is 0 Å². The number of aryl methyl sites for hydroxylation is 1. The van der Waals surface area contributed by atoms with E-state index in [2.05, 4.69) is 26.0 Å². The number of carbonyl (C=O) groups is 1. The quantitative estimate of drug-likeness (QED) is 0.518. The van der Waals surface area contributed by atoms with Gasteiger partial charge in [-0.15, -0.1) is 0 Å². The smallest absolute Gasteiger partial charge is 0.258 e. The van der Waals surface area contributed by atoms with Gasteiger partial charge in [0.2, 0.25) is 10.0 Å². The highest BCUT2D eigenvalue weighted by Crippen LogP contribution is 2.22. The molecular formula is C21H17BrF2N2O3S. The first-order chi connectivity index (χ1) is 14.2. The summed E-state index contributed by atoms with van der Waals surface area (Å²) in [5.74, 6) is -2.62. The van der Waals surface area contributed by atoms with Crippen LogP contribution in [0.4, 0.5) is 14.5 Å². The average molecular weight is 495 g/mol. The van der Waals surface area contributed by atoms with Crippen LogP contribution >= 0.6 is 15.9 Å². The van der Waals surface area contributed by atoms with Gasteiger partial charge in [0.1, 0.15) is 11.6 Å². The zero-order valence-corrected chi connectivity index (χ0v) is 18.1. The predicted octanol–water partition coefficient (Wildman–Crippen LogP) is 4.77. The Bertz CT molecular complexity index is 1200. The van der Waals surface area contributed by atoms with Gasteiger partial charge >= 0.3 is 0 Å². The molecule has 5 nitrogen and oxygen atoms in total. The van der Waals surface area contributed by atoms with Gasteiger partial charge in [-0.05, 0) is 48.9 Å². The summed E-state index contributed by atoms with van der Waals surface area (Å²) >= 11 is 3.10. The van der Waals surface area contributed by atoms with Gasteiger partial charge in [-0.3, -0.25) is 4.79 Å². The fourth-order valence-electron chi connectivity index (χ4n) is 2.59. The molecule has 0 bridgehead atoms. The van der Waals surface area contributed by atoms with E-state index >= 15 is 0 Å². The van der Waals surface area contributed by atoms with E-state index in [1.54, 1.807) is 12.1 Å². The molecule has 9 heteroatoms. The second-order valence-corrected chi connectivity index (χ2v) is 9.21. The molecule has 0 aromatic heterocycles. The summed E-state index contributed by atoms with van der Waals surface area (Å²) in [6.45, 7) is 1.95. The number of carbonyl (C=O) groups excluding carboxylic acids is 1. The molecule has 0 aliphatic rings. The summed E-state index contributed by atoms with van der Waals surface area (Å²) in [6.07, 6.45) is 0. The number of anilines is 1. The van der Waals surface area contributed by atoms with Gasteiger partial charge in [-0.2, -0.15) is 0 Å². The van der Waals surface area contributed by atoms with Gasteiger partial charge in [0, 0.05) is 11.0 Å². The minimum Gasteiger partial charge on any atom is -0.319 e. The molecule has 3 aromatic carbocycles. The molecule has 0 fully saturated rings. The Morgan fingerprint density at radius 1 is 0.967 bits per heavy atom. The lowest BCUT2D eigenvalue weighted by Gasteiger charge is -2.11. The number of amides is 1. The van der Waals surface area contributed by atoms with Gasteiger partial charge in [0.15, 0.2) is 0 Å². The number of sulfonamides is 1. The number of nitrogens with one attached hydrogen (secondary N) is 2. The summed E-state index contributed by atoms with van der Waals surface area (Å²) in [7, 11) is -4.00. The molecule has 0 spiro atoms. The van der Waals surface area contributed by atoms with Crippen molar-refractivity contribution in [2.45, 2.75) is 18.4 Å². The van der Waals surface area contributed by atoms with Crippen LogP contribution in [0.3, 0.4) is 0 Å². The molecule has 0 unspecified atom stereocenters. The highest BCUT2D eigenvalue weighted by atomic mass is 79.9. The Hall–Kier alpha value is -2.62. The minimum absolute atomic E-state index is 0.0334. The van der Waals surface area contributed by atoms with Crippen molar-refractivity contribution in [2.24, 2.45) is 0 Å². The number of hydrogen-bond acceptors (Lipinski definition) is 3. The lowest BCUT2D eigenvalue weighted by molar-refractivity contribution is 0.102. The van der Waals surface area contributed by atoms with E-state index in [1.165, 1.54) is 12.1 Å². The summed E-state index contributed by atoms with van der Waals surface area (Å²) in [5, 5.41) is 2.25. The monoisotopic (exact) mass is 494 g/mol. The fourth-order valence-corrected chi connectivity index (χ4v) is 3.97. The van der Waals surface area contributed by atoms with Crippen LogP contribution in [0.1, 0.15) is 21.5 Å². The van der Waals surface area contributed by atoms with E-state index in [9.17, 15) is 22.0 Å². The molecule has 3 rings (SSSR count). The van der Waals surface area contributed by atoms with Crippen LogP contribution in [0, 0.1) is 18.6 Å². The summed E-state index contributed by atoms with van der Waals surface area (Å²) in [6, 6.07) is 14.1. The van der Waals surface area contributed by atoms with E-state index < -0.39 is 33.1 Å². The minimum atomic E-state index is -4.00. The fraction of sp³-hybridized carbons (Fsp3) is 0.0952. The van der Waals surface area contributed by atoms with Crippen molar-refractivity contribution in [1.29, 1.82) is 0 Å². The van der Waals surface area contributed by atoms with Gasteiger partial charge in [-0.25, -0.2) is 21.9 Å². The molecule has 3 aromatic rings. The maximum absolute atomic E-state index is 14.2. The Morgan fingerprint density at radius 3 is 2.33 bits per heavy atom. The molecule has 156 valence electrons. The Balaban J connectivity index is 1.80. The predicted molar refractivity (Wildman–Crippen MR) is 114 cm³/mol. The maximum atomic E-state index is 14.2. The molecule has 0 atom stereocenters. The van der Waals surface area contributed by atoms with E-state index in [1.807, 2.05) is 19.1 Å². The molecular weight excluding hydrogens is 478 g/mol. The molecule has 0 saturated carbocycles. The van der Waals surface area contributed by atoms with Crippen LogP contribution in [0.2, 0.25) is 0 Å². The Kier molecular flexibility index (Phi) is 6.64. The van der Waals surface area contributed by atoms with Crippen LogP contribution in [0.5, 0.6) is 0 Å². The summed E-state index contributed by atoms with van der Waals surface area (Å²) in [5.41, 5.74) is 1.11. The van der Waals surface area contributed by atoms with Crippen molar-refractivity contribution in [3.05, 3.63) is 93.5 Å². The van der Waals surface area contributed by atoms with Gasteiger partial charge in [0.25, 0.3) is 5.91 Å². The van der Waals surface area contributed by atoms with Crippen molar-refractivity contribution in [2.75, 3.05) is 5.32 Å².